The number of piperazine rings is 1. The summed E-state index contributed by atoms with van der Waals surface area (Å²) in [5, 5.41) is 9.23. The predicted octanol–water partition coefficient (Wildman–Crippen LogP) is 5.26. The van der Waals surface area contributed by atoms with Crippen molar-refractivity contribution >= 4 is 33.5 Å². The molecule has 3 aromatic carbocycles. The quantitative estimate of drug-likeness (QED) is 0.294. The molecule has 0 bridgehead atoms. The first kappa shape index (κ1) is 26.9. The summed E-state index contributed by atoms with van der Waals surface area (Å²) in [6.07, 6.45) is 3.20. The Labute approximate surface area is 249 Å². The van der Waals surface area contributed by atoms with Crippen molar-refractivity contribution in [3.8, 4) is 22.6 Å². The number of nitrogens with one attached hydrogen (secondary N) is 1. The number of fused-ring (bicyclic) bond motifs is 3. The second-order valence-corrected chi connectivity index (χ2v) is 11.8. The lowest BCUT2D eigenvalue weighted by Crippen LogP contribution is -2.56. The van der Waals surface area contributed by atoms with E-state index < -0.39 is 0 Å². The van der Waals surface area contributed by atoms with Crippen molar-refractivity contribution in [2.75, 3.05) is 31.1 Å². The summed E-state index contributed by atoms with van der Waals surface area (Å²) in [6, 6.07) is 14.1. The van der Waals surface area contributed by atoms with Crippen LogP contribution in [0.2, 0.25) is 0 Å². The second-order valence-electron chi connectivity index (χ2n) is 11.8. The zero-order valence-corrected chi connectivity index (χ0v) is 24.8. The molecule has 9 heteroatoms. The molecule has 2 aromatic heterocycles. The van der Waals surface area contributed by atoms with Crippen molar-refractivity contribution in [3.05, 3.63) is 88.5 Å². The van der Waals surface area contributed by atoms with Crippen LogP contribution in [0.3, 0.4) is 0 Å². The molecule has 2 aliphatic heterocycles. The van der Waals surface area contributed by atoms with Crippen LogP contribution in [0.1, 0.15) is 36.5 Å². The Hall–Kier alpha value is -4.92. The van der Waals surface area contributed by atoms with E-state index in [-0.39, 0.29) is 23.6 Å². The zero-order valence-electron chi connectivity index (χ0n) is 24.8. The lowest BCUT2D eigenvalue weighted by atomic mass is 9.91. The molecule has 1 amide bonds. The van der Waals surface area contributed by atoms with Crippen molar-refractivity contribution in [2.45, 2.75) is 39.7 Å². The number of H-pyrrole nitrogens is 1. The molecule has 7 rings (SSSR count). The molecule has 1 unspecified atom stereocenters. The molecule has 1 fully saturated rings. The summed E-state index contributed by atoms with van der Waals surface area (Å²) in [6.45, 7) is 13.9. The predicted molar refractivity (Wildman–Crippen MR) is 169 cm³/mol. The van der Waals surface area contributed by atoms with E-state index in [1.54, 1.807) is 9.47 Å². The van der Waals surface area contributed by atoms with Crippen molar-refractivity contribution in [2.24, 2.45) is 0 Å². The number of ether oxygens (including phenoxy) is 1. The van der Waals surface area contributed by atoms with Crippen LogP contribution < -0.4 is 15.3 Å². The van der Waals surface area contributed by atoms with E-state index in [0.717, 1.165) is 55.3 Å². The zero-order chi connectivity index (χ0) is 30.0. The van der Waals surface area contributed by atoms with Gasteiger partial charge in [-0.15, -0.1) is 0 Å². The average molecular weight is 575 g/mol. The van der Waals surface area contributed by atoms with Gasteiger partial charge >= 0.3 is 5.69 Å². The molecular weight excluding hydrogens is 540 g/mol. The van der Waals surface area contributed by atoms with Crippen LogP contribution in [-0.2, 0) is 4.79 Å². The molecule has 1 N–H and O–H groups in total. The second kappa shape index (κ2) is 10.1. The SMILES string of the molecule is C=CC(=O)N1CCN2c3nc(=O)n(-c4ccccc4C(C)C)c4cc(-c5c(C)ccc6[nH]ncc56)c(C)c(c34)OCC2C1. The van der Waals surface area contributed by atoms with Crippen molar-refractivity contribution in [1.29, 1.82) is 0 Å². The topological polar surface area (TPSA) is 96.4 Å². The van der Waals surface area contributed by atoms with E-state index in [9.17, 15) is 9.59 Å². The average Bonchev–Trinajstić information content (AvgIpc) is 3.42. The number of hydrogen-bond acceptors (Lipinski definition) is 6. The molecule has 0 radical (unpaired) electrons. The molecular formula is C34H34N6O3. The van der Waals surface area contributed by atoms with Crippen LogP contribution in [0.4, 0.5) is 5.82 Å². The monoisotopic (exact) mass is 574 g/mol. The Morgan fingerprint density at radius 2 is 1.98 bits per heavy atom. The molecule has 1 saturated heterocycles. The number of aryl methyl sites for hydroxylation is 1. The first-order valence-corrected chi connectivity index (χ1v) is 14.7. The van der Waals surface area contributed by atoms with Crippen LogP contribution in [0.25, 0.3) is 38.6 Å². The highest BCUT2D eigenvalue weighted by Gasteiger charge is 2.36. The van der Waals surface area contributed by atoms with E-state index in [1.807, 2.05) is 30.5 Å². The highest BCUT2D eigenvalue weighted by atomic mass is 16.5. The number of carbonyl (C=O) groups is 1. The summed E-state index contributed by atoms with van der Waals surface area (Å²) >= 11 is 0. The normalized spacial score (nSPS) is 16.3. The van der Waals surface area contributed by atoms with Gasteiger partial charge < -0.3 is 14.5 Å². The van der Waals surface area contributed by atoms with E-state index >= 15 is 0 Å². The van der Waals surface area contributed by atoms with Crippen LogP contribution >= 0.6 is 0 Å². The Balaban J connectivity index is 1.57. The number of carbonyl (C=O) groups excluding carboxylic acids is 1. The number of amides is 1. The largest absolute Gasteiger partial charge is 0.490 e. The van der Waals surface area contributed by atoms with Gasteiger partial charge in [-0.1, -0.05) is 44.7 Å². The molecule has 4 heterocycles. The summed E-state index contributed by atoms with van der Waals surface area (Å²) in [7, 11) is 0. The van der Waals surface area contributed by atoms with Crippen molar-refractivity contribution in [1.82, 2.24) is 24.6 Å². The molecule has 2 aliphatic rings. The maximum absolute atomic E-state index is 14.2. The van der Waals surface area contributed by atoms with Gasteiger partial charge in [-0.3, -0.25) is 14.5 Å². The fraction of sp³-hybridized carbons (Fsp3) is 0.294. The minimum Gasteiger partial charge on any atom is -0.490 e. The van der Waals surface area contributed by atoms with Crippen molar-refractivity contribution in [3.63, 3.8) is 0 Å². The van der Waals surface area contributed by atoms with Gasteiger partial charge in [0.2, 0.25) is 5.91 Å². The summed E-state index contributed by atoms with van der Waals surface area (Å²) < 4.78 is 8.44. The van der Waals surface area contributed by atoms with Gasteiger partial charge in [-0.05, 0) is 71.9 Å². The fourth-order valence-electron chi connectivity index (χ4n) is 6.76. The highest BCUT2D eigenvalue weighted by molar-refractivity contribution is 6.05. The number of hydrogen-bond donors (Lipinski definition) is 1. The lowest BCUT2D eigenvalue weighted by molar-refractivity contribution is -0.126. The smallest absolute Gasteiger partial charge is 0.354 e. The maximum atomic E-state index is 14.2. The number of anilines is 1. The number of aromatic amines is 1. The van der Waals surface area contributed by atoms with Gasteiger partial charge in [0, 0.05) is 25.0 Å². The molecule has 43 heavy (non-hydrogen) atoms. The Morgan fingerprint density at radius 3 is 2.77 bits per heavy atom. The highest BCUT2D eigenvalue weighted by Crippen LogP contribution is 2.45. The summed E-state index contributed by atoms with van der Waals surface area (Å²) in [5.74, 6) is 1.40. The van der Waals surface area contributed by atoms with E-state index in [2.05, 4.69) is 67.6 Å². The number of nitrogens with zero attached hydrogens (tertiary/aromatic N) is 5. The fourth-order valence-corrected chi connectivity index (χ4v) is 6.76. The Bertz CT molecular complexity index is 2010. The standard InChI is InChI=1S/C34H34N6O3/c1-6-29(41)38-13-14-39-22(17-38)18-43-32-21(5)24(30-20(4)11-12-26-25(30)16-35-37-26)15-28-31(32)33(39)36-34(42)40(28)27-10-8-7-9-23(27)19(2)3/h6-12,15-16,19,22H,1,13-14,17-18H2,2-5H3,(H,35,37). The molecule has 0 spiro atoms. The van der Waals surface area contributed by atoms with Crippen LogP contribution in [0, 0.1) is 13.8 Å². The Kier molecular flexibility index (Phi) is 6.34. The van der Waals surface area contributed by atoms with E-state index in [4.69, 9.17) is 9.72 Å². The minimum absolute atomic E-state index is 0.109. The van der Waals surface area contributed by atoms with E-state index in [1.165, 1.54) is 6.08 Å². The van der Waals surface area contributed by atoms with Crippen LogP contribution in [-0.4, -0.2) is 62.8 Å². The van der Waals surface area contributed by atoms with Crippen molar-refractivity contribution < 1.29 is 9.53 Å². The van der Waals surface area contributed by atoms with Crippen LogP contribution in [0.5, 0.6) is 5.75 Å². The number of benzene rings is 3. The number of aromatic nitrogens is 4. The Morgan fingerprint density at radius 1 is 1.16 bits per heavy atom. The first-order chi connectivity index (χ1) is 20.8. The molecule has 1 atom stereocenters. The molecule has 0 saturated carbocycles. The first-order valence-electron chi connectivity index (χ1n) is 14.7. The van der Waals surface area contributed by atoms with E-state index in [0.29, 0.717) is 37.8 Å². The van der Waals surface area contributed by atoms with Gasteiger partial charge in [-0.25, -0.2) is 4.79 Å². The van der Waals surface area contributed by atoms with Gasteiger partial charge in [0.25, 0.3) is 0 Å². The molecule has 218 valence electrons. The summed E-state index contributed by atoms with van der Waals surface area (Å²) in [5.41, 5.74) is 7.28. The van der Waals surface area contributed by atoms with Gasteiger partial charge in [0.15, 0.2) is 0 Å². The minimum atomic E-state index is -0.347. The third-order valence-electron chi connectivity index (χ3n) is 8.93. The number of para-hydroxylation sites is 1. The van der Waals surface area contributed by atoms with Gasteiger partial charge in [0.1, 0.15) is 18.2 Å². The third-order valence-corrected chi connectivity index (χ3v) is 8.93. The van der Waals surface area contributed by atoms with Gasteiger partial charge in [-0.2, -0.15) is 10.1 Å². The lowest BCUT2D eigenvalue weighted by Gasteiger charge is -2.40. The third kappa shape index (κ3) is 4.13. The maximum Gasteiger partial charge on any atom is 0.354 e. The molecule has 5 aromatic rings. The molecule has 0 aliphatic carbocycles. The molecule has 9 nitrogen and oxygen atoms in total. The summed E-state index contributed by atoms with van der Waals surface area (Å²) in [4.78, 5) is 35.4. The van der Waals surface area contributed by atoms with Crippen LogP contribution in [0.15, 0.2) is 66.1 Å². The van der Waals surface area contributed by atoms with Gasteiger partial charge in [0.05, 0.1) is 34.3 Å². The number of rotatable bonds is 4.